The summed E-state index contributed by atoms with van der Waals surface area (Å²) in [6.07, 6.45) is 4.89. The molecular formula is C8H17NOS. The van der Waals surface area contributed by atoms with Crippen molar-refractivity contribution in [3.63, 3.8) is 0 Å². The molecule has 0 aliphatic heterocycles. The van der Waals surface area contributed by atoms with E-state index in [4.69, 9.17) is 10.8 Å². The number of hydrogen-bond donors (Lipinski definition) is 2. The molecule has 3 N–H and O–H groups in total. The van der Waals surface area contributed by atoms with E-state index in [1.54, 1.807) is 0 Å². The molecule has 0 radical (unpaired) electrons. The first-order valence-corrected chi connectivity index (χ1v) is 5.36. The molecule has 1 fully saturated rings. The maximum atomic E-state index is 8.61. The first-order valence-electron chi connectivity index (χ1n) is 4.31. The molecule has 2 atom stereocenters. The molecule has 1 aliphatic rings. The summed E-state index contributed by atoms with van der Waals surface area (Å²) in [5, 5.41) is 9.32. The number of aliphatic hydroxyl groups is 1. The lowest BCUT2D eigenvalue weighted by Gasteiger charge is -2.25. The summed E-state index contributed by atoms with van der Waals surface area (Å²) in [4.78, 5) is 0. The van der Waals surface area contributed by atoms with Gasteiger partial charge in [0.15, 0.2) is 0 Å². The Morgan fingerprint density at radius 2 is 2.27 bits per heavy atom. The van der Waals surface area contributed by atoms with Gasteiger partial charge in [-0.05, 0) is 19.3 Å². The summed E-state index contributed by atoms with van der Waals surface area (Å²) in [6, 6.07) is 0.417. The van der Waals surface area contributed by atoms with Crippen molar-refractivity contribution in [2.45, 2.75) is 37.0 Å². The number of rotatable bonds is 3. The first-order chi connectivity index (χ1) is 5.33. The van der Waals surface area contributed by atoms with Crippen LogP contribution in [0.15, 0.2) is 0 Å². The van der Waals surface area contributed by atoms with E-state index in [0.29, 0.717) is 17.9 Å². The highest BCUT2D eigenvalue weighted by molar-refractivity contribution is 7.99. The van der Waals surface area contributed by atoms with Crippen molar-refractivity contribution >= 4 is 11.8 Å². The second-order valence-corrected chi connectivity index (χ2v) is 4.55. The Morgan fingerprint density at radius 3 is 2.91 bits per heavy atom. The van der Waals surface area contributed by atoms with Crippen molar-refractivity contribution in [2.75, 3.05) is 12.4 Å². The lowest BCUT2D eigenvalue weighted by atomic mass is 9.96. The summed E-state index contributed by atoms with van der Waals surface area (Å²) in [5.41, 5.74) is 5.82. The van der Waals surface area contributed by atoms with Crippen LogP contribution in [0.4, 0.5) is 0 Å². The third-order valence-corrected chi connectivity index (χ3v) is 3.43. The molecule has 11 heavy (non-hydrogen) atoms. The quantitative estimate of drug-likeness (QED) is 0.672. The minimum Gasteiger partial charge on any atom is -0.396 e. The van der Waals surface area contributed by atoms with Crippen molar-refractivity contribution in [3.8, 4) is 0 Å². The molecule has 0 saturated heterocycles. The van der Waals surface area contributed by atoms with Gasteiger partial charge in [0.05, 0.1) is 6.61 Å². The van der Waals surface area contributed by atoms with Gasteiger partial charge in [-0.25, -0.2) is 0 Å². The monoisotopic (exact) mass is 175 g/mol. The molecule has 2 unspecified atom stereocenters. The topological polar surface area (TPSA) is 46.2 Å². The Labute approximate surface area is 72.5 Å². The van der Waals surface area contributed by atoms with E-state index in [-0.39, 0.29) is 0 Å². The fourth-order valence-corrected chi connectivity index (χ4v) is 2.71. The average molecular weight is 175 g/mol. The molecule has 0 heterocycles. The summed E-state index contributed by atoms with van der Waals surface area (Å²) in [6.45, 7) is 0.302. The highest BCUT2D eigenvalue weighted by atomic mass is 32.2. The second kappa shape index (κ2) is 5.01. The van der Waals surface area contributed by atoms with E-state index < -0.39 is 0 Å². The number of thioether (sulfide) groups is 1. The van der Waals surface area contributed by atoms with E-state index in [9.17, 15) is 0 Å². The van der Waals surface area contributed by atoms with Crippen LogP contribution in [0, 0.1) is 0 Å². The van der Waals surface area contributed by atoms with E-state index in [2.05, 4.69) is 0 Å². The lowest BCUT2D eigenvalue weighted by molar-refractivity contribution is 0.322. The summed E-state index contributed by atoms with van der Waals surface area (Å²) in [7, 11) is 0. The standard InChI is InChI=1S/C8H17NOS/c9-7-2-1-3-8(6-7)11-5-4-10/h7-8,10H,1-6,9H2. The molecule has 1 rings (SSSR count). The van der Waals surface area contributed by atoms with Crippen LogP contribution in [-0.4, -0.2) is 28.8 Å². The van der Waals surface area contributed by atoms with Gasteiger partial charge < -0.3 is 10.8 Å². The zero-order valence-electron chi connectivity index (χ0n) is 6.83. The molecule has 3 heteroatoms. The van der Waals surface area contributed by atoms with Crippen LogP contribution < -0.4 is 5.73 Å². The zero-order valence-corrected chi connectivity index (χ0v) is 7.65. The van der Waals surface area contributed by atoms with Crippen LogP contribution in [0.1, 0.15) is 25.7 Å². The van der Waals surface area contributed by atoms with Crippen molar-refractivity contribution in [1.29, 1.82) is 0 Å². The molecule has 1 aliphatic carbocycles. The number of aliphatic hydroxyl groups excluding tert-OH is 1. The van der Waals surface area contributed by atoms with Crippen molar-refractivity contribution in [3.05, 3.63) is 0 Å². The van der Waals surface area contributed by atoms with Crippen molar-refractivity contribution in [1.82, 2.24) is 0 Å². The lowest BCUT2D eigenvalue weighted by Crippen LogP contribution is -2.29. The third kappa shape index (κ3) is 3.45. The Balaban J connectivity index is 2.12. The van der Waals surface area contributed by atoms with Gasteiger partial charge in [-0.2, -0.15) is 11.8 Å². The fourth-order valence-electron chi connectivity index (χ4n) is 1.55. The van der Waals surface area contributed by atoms with E-state index in [0.717, 1.165) is 12.2 Å². The van der Waals surface area contributed by atoms with Gasteiger partial charge in [-0.3, -0.25) is 0 Å². The largest absolute Gasteiger partial charge is 0.396 e. The molecule has 0 spiro atoms. The molecule has 0 aromatic carbocycles. The van der Waals surface area contributed by atoms with Crippen LogP contribution in [0.25, 0.3) is 0 Å². The third-order valence-electron chi connectivity index (χ3n) is 2.11. The molecule has 66 valence electrons. The average Bonchev–Trinajstić information content (AvgIpc) is 2.01. The molecule has 0 aromatic heterocycles. The molecule has 2 nitrogen and oxygen atoms in total. The zero-order chi connectivity index (χ0) is 8.10. The van der Waals surface area contributed by atoms with Gasteiger partial charge in [-0.1, -0.05) is 6.42 Å². The first kappa shape index (κ1) is 9.36. The number of nitrogens with two attached hydrogens (primary N) is 1. The minimum atomic E-state index is 0.302. The van der Waals surface area contributed by atoms with Crippen LogP contribution in [-0.2, 0) is 0 Å². The maximum Gasteiger partial charge on any atom is 0.0521 e. The predicted octanol–water partition coefficient (Wildman–Crippen LogP) is 0.982. The van der Waals surface area contributed by atoms with E-state index in [1.165, 1.54) is 19.3 Å². The van der Waals surface area contributed by atoms with Gasteiger partial charge in [0.1, 0.15) is 0 Å². The van der Waals surface area contributed by atoms with Crippen LogP contribution in [0.5, 0.6) is 0 Å². The van der Waals surface area contributed by atoms with Gasteiger partial charge in [0, 0.05) is 17.0 Å². The van der Waals surface area contributed by atoms with Crippen LogP contribution in [0.3, 0.4) is 0 Å². The molecule has 0 aromatic rings. The van der Waals surface area contributed by atoms with Crippen molar-refractivity contribution < 1.29 is 5.11 Å². The summed E-state index contributed by atoms with van der Waals surface area (Å²) in [5.74, 6) is 0.872. The Kier molecular flexibility index (Phi) is 4.26. The van der Waals surface area contributed by atoms with Crippen LogP contribution >= 0.6 is 11.8 Å². The molecular weight excluding hydrogens is 158 g/mol. The van der Waals surface area contributed by atoms with Crippen LogP contribution in [0.2, 0.25) is 0 Å². The highest BCUT2D eigenvalue weighted by Gasteiger charge is 2.18. The number of hydrogen-bond acceptors (Lipinski definition) is 3. The Morgan fingerprint density at radius 1 is 1.45 bits per heavy atom. The van der Waals surface area contributed by atoms with E-state index >= 15 is 0 Å². The van der Waals surface area contributed by atoms with Crippen molar-refractivity contribution in [2.24, 2.45) is 5.73 Å². The second-order valence-electron chi connectivity index (χ2n) is 3.14. The normalized spacial score (nSPS) is 32.2. The molecule has 0 bridgehead atoms. The summed E-state index contributed by atoms with van der Waals surface area (Å²) >= 11 is 1.87. The molecule has 0 amide bonds. The predicted molar refractivity (Wildman–Crippen MR) is 49.8 cm³/mol. The Hall–Kier alpha value is 0.270. The molecule has 1 saturated carbocycles. The van der Waals surface area contributed by atoms with Gasteiger partial charge in [0.25, 0.3) is 0 Å². The maximum absolute atomic E-state index is 8.61. The SMILES string of the molecule is NC1CCCC(SCCO)C1. The Bertz CT molecular complexity index is 110. The smallest absolute Gasteiger partial charge is 0.0521 e. The van der Waals surface area contributed by atoms with Gasteiger partial charge >= 0.3 is 0 Å². The highest BCUT2D eigenvalue weighted by Crippen LogP contribution is 2.27. The minimum absolute atomic E-state index is 0.302. The van der Waals surface area contributed by atoms with E-state index in [1.807, 2.05) is 11.8 Å². The van der Waals surface area contributed by atoms with Gasteiger partial charge in [0.2, 0.25) is 0 Å². The fraction of sp³-hybridized carbons (Fsp3) is 1.00. The van der Waals surface area contributed by atoms with Gasteiger partial charge in [-0.15, -0.1) is 0 Å². The summed E-state index contributed by atoms with van der Waals surface area (Å²) < 4.78 is 0.